The smallest absolute Gasteiger partial charge is 0.272 e. The van der Waals surface area contributed by atoms with Gasteiger partial charge in [-0.1, -0.05) is 0 Å². The van der Waals surface area contributed by atoms with Gasteiger partial charge in [-0.05, 0) is 61.5 Å². The lowest BCUT2D eigenvalue weighted by molar-refractivity contribution is -0.385. The molecule has 0 fully saturated rings. The predicted molar refractivity (Wildman–Crippen MR) is 105 cm³/mol. The highest BCUT2D eigenvalue weighted by molar-refractivity contribution is 6.05. The first-order valence-corrected chi connectivity index (χ1v) is 8.60. The zero-order chi connectivity index (χ0) is 20.5. The predicted octanol–water partition coefficient (Wildman–Crippen LogP) is 4.03. The molecule has 1 heterocycles. The molecule has 144 valence electrons. The number of nitrogens with one attached hydrogen (secondary N) is 1. The fourth-order valence-electron chi connectivity index (χ4n) is 2.89. The van der Waals surface area contributed by atoms with Crippen LogP contribution in [0.2, 0.25) is 0 Å². The van der Waals surface area contributed by atoms with Crippen molar-refractivity contribution in [2.24, 2.45) is 0 Å². The molecule has 0 unspecified atom stereocenters. The van der Waals surface area contributed by atoms with Crippen LogP contribution in [0.4, 0.5) is 15.8 Å². The lowest BCUT2D eigenvalue weighted by Gasteiger charge is -2.06. The lowest BCUT2D eigenvalue weighted by atomic mass is 10.1. The van der Waals surface area contributed by atoms with E-state index in [1.165, 1.54) is 35.1 Å². The van der Waals surface area contributed by atoms with Gasteiger partial charge in [0.1, 0.15) is 16.9 Å². The largest absolute Gasteiger partial charge is 0.322 e. The number of nitro benzene ring substituents is 1. The van der Waals surface area contributed by atoms with Gasteiger partial charge >= 0.3 is 0 Å². The molecule has 1 amide bonds. The number of nitrogens with zero attached hydrogens (tertiary/aromatic N) is 4. The first kappa shape index (κ1) is 18.2. The van der Waals surface area contributed by atoms with Gasteiger partial charge in [0.2, 0.25) is 0 Å². The number of halogens is 1. The van der Waals surface area contributed by atoms with Gasteiger partial charge in [0, 0.05) is 22.9 Å². The second kappa shape index (κ2) is 7.12. The van der Waals surface area contributed by atoms with Crippen molar-refractivity contribution in [3.8, 4) is 5.69 Å². The van der Waals surface area contributed by atoms with Gasteiger partial charge in [0.05, 0.1) is 10.6 Å². The van der Waals surface area contributed by atoms with Crippen LogP contribution in [-0.2, 0) is 0 Å². The van der Waals surface area contributed by atoms with E-state index in [2.05, 4.69) is 15.5 Å². The third-order valence-electron chi connectivity index (χ3n) is 4.35. The molecule has 4 aromatic rings. The maximum Gasteiger partial charge on any atom is 0.272 e. The third kappa shape index (κ3) is 3.65. The average molecular weight is 391 g/mol. The zero-order valence-corrected chi connectivity index (χ0v) is 15.2. The summed E-state index contributed by atoms with van der Waals surface area (Å²) in [5.41, 5.74) is 2.94. The number of carbonyl (C=O) groups excluding carboxylic acids is 1. The van der Waals surface area contributed by atoms with E-state index >= 15 is 0 Å². The van der Waals surface area contributed by atoms with E-state index in [9.17, 15) is 19.3 Å². The molecule has 9 heteroatoms. The van der Waals surface area contributed by atoms with Crippen LogP contribution in [0.5, 0.6) is 0 Å². The summed E-state index contributed by atoms with van der Waals surface area (Å²) in [6.45, 7) is 1.58. The van der Waals surface area contributed by atoms with Crippen LogP contribution < -0.4 is 5.32 Å². The minimum Gasteiger partial charge on any atom is -0.322 e. The maximum atomic E-state index is 13.1. The molecule has 0 atom stereocenters. The molecule has 4 rings (SSSR count). The van der Waals surface area contributed by atoms with E-state index in [0.717, 1.165) is 0 Å². The molecule has 1 aromatic heterocycles. The minimum atomic E-state index is -0.491. The van der Waals surface area contributed by atoms with Crippen molar-refractivity contribution in [1.82, 2.24) is 15.0 Å². The Morgan fingerprint density at radius 2 is 1.76 bits per heavy atom. The monoisotopic (exact) mass is 391 g/mol. The van der Waals surface area contributed by atoms with Crippen molar-refractivity contribution in [2.45, 2.75) is 6.92 Å². The Morgan fingerprint density at radius 3 is 2.45 bits per heavy atom. The summed E-state index contributed by atoms with van der Waals surface area (Å²) < 4.78 is 13.1. The summed E-state index contributed by atoms with van der Waals surface area (Å²) >= 11 is 0. The first-order valence-electron chi connectivity index (χ1n) is 8.60. The van der Waals surface area contributed by atoms with E-state index in [1.54, 1.807) is 37.3 Å². The number of aryl methyl sites for hydroxylation is 1. The summed E-state index contributed by atoms with van der Waals surface area (Å²) in [4.78, 5) is 24.3. The Balaban J connectivity index is 1.58. The van der Waals surface area contributed by atoms with Crippen LogP contribution in [0.25, 0.3) is 16.7 Å². The fourth-order valence-corrected chi connectivity index (χ4v) is 2.89. The highest BCUT2D eigenvalue weighted by Gasteiger charge is 2.14. The fraction of sp³-hybridized carbons (Fsp3) is 0.0500. The summed E-state index contributed by atoms with van der Waals surface area (Å²) in [6, 6.07) is 15.0. The average Bonchev–Trinajstić information content (AvgIpc) is 3.11. The lowest BCUT2D eigenvalue weighted by Crippen LogP contribution is -2.12. The number of amides is 1. The topological polar surface area (TPSA) is 103 Å². The Kier molecular flexibility index (Phi) is 4.47. The van der Waals surface area contributed by atoms with Crippen LogP contribution in [0, 0.1) is 22.9 Å². The number of carbonyl (C=O) groups is 1. The van der Waals surface area contributed by atoms with E-state index < -0.39 is 10.8 Å². The number of nitro groups is 1. The highest BCUT2D eigenvalue weighted by atomic mass is 19.1. The normalized spacial score (nSPS) is 10.8. The molecule has 0 aliphatic heterocycles. The maximum absolute atomic E-state index is 13.1. The van der Waals surface area contributed by atoms with Gasteiger partial charge in [-0.3, -0.25) is 14.9 Å². The van der Waals surface area contributed by atoms with Crippen LogP contribution in [0.15, 0.2) is 60.7 Å². The van der Waals surface area contributed by atoms with Gasteiger partial charge in [-0.2, -0.15) is 4.80 Å². The van der Waals surface area contributed by atoms with Gasteiger partial charge < -0.3 is 5.32 Å². The van der Waals surface area contributed by atoms with Crippen molar-refractivity contribution in [3.05, 3.63) is 87.7 Å². The molecule has 29 heavy (non-hydrogen) atoms. The molecule has 0 saturated heterocycles. The van der Waals surface area contributed by atoms with E-state index in [-0.39, 0.29) is 11.5 Å². The van der Waals surface area contributed by atoms with Crippen molar-refractivity contribution >= 4 is 28.3 Å². The molecular weight excluding hydrogens is 377 g/mol. The summed E-state index contributed by atoms with van der Waals surface area (Å²) in [5, 5.41) is 22.3. The molecule has 0 aliphatic rings. The van der Waals surface area contributed by atoms with Crippen molar-refractivity contribution in [2.75, 3.05) is 5.32 Å². The van der Waals surface area contributed by atoms with Crippen molar-refractivity contribution in [1.29, 1.82) is 0 Å². The number of anilines is 1. The highest BCUT2D eigenvalue weighted by Crippen LogP contribution is 2.21. The van der Waals surface area contributed by atoms with Gasteiger partial charge in [0.25, 0.3) is 11.6 Å². The molecule has 0 spiro atoms. The van der Waals surface area contributed by atoms with Crippen LogP contribution in [0.1, 0.15) is 15.9 Å². The molecule has 3 aromatic carbocycles. The van der Waals surface area contributed by atoms with Crippen LogP contribution in [0.3, 0.4) is 0 Å². The quantitative estimate of drug-likeness (QED) is 0.418. The second-order valence-electron chi connectivity index (χ2n) is 6.38. The molecule has 0 radical (unpaired) electrons. The van der Waals surface area contributed by atoms with Crippen LogP contribution >= 0.6 is 0 Å². The van der Waals surface area contributed by atoms with Gasteiger partial charge in [0.15, 0.2) is 0 Å². The Hall–Kier alpha value is -4.14. The van der Waals surface area contributed by atoms with Crippen molar-refractivity contribution < 1.29 is 14.1 Å². The van der Waals surface area contributed by atoms with E-state index in [1.807, 2.05) is 0 Å². The molecular formula is C20H14FN5O3. The minimum absolute atomic E-state index is 0.0413. The van der Waals surface area contributed by atoms with E-state index in [0.29, 0.717) is 33.5 Å². The second-order valence-corrected chi connectivity index (χ2v) is 6.38. The van der Waals surface area contributed by atoms with Crippen molar-refractivity contribution in [3.63, 3.8) is 0 Å². The first-order chi connectivity index (χ1) is 13.9. The molecule has 0 aliphatic carbocycles. The Morgan fingerprint density at radius 1 is 1.03 bits per heavy atom. The molecule has 0 saturated carbocycles. The summed E-state index contributed by atoms with van der Waals surface area (Å²) in [7, 11) is 0. The van der Waals surface area contributed by atoms with E-state index in [4.69, 9.17) is 0 Å². The Labute approximate surface area is 163 Å². The number of hydrogen-bond acceptors (Lipinski definition) is 5. The number of hydrogen-bond donors (Lipinski definition) is 1. The molecule has 0 bridgehead atoms. The SMILES string of the molecule is Cc1cc(C(=O)Nc2ccc3nn(-c4ccc(F)cc4)nc3c2)ccc1[N+](=O)[O-]. The number of rotatable bonds is 4. The number of benzene rings is 3. The molecule has 1 N–H and O–H groups in total. The van der Waals surface area contributed by atoms with Gasteiger partial charge in [-0.25, -0.2) is 4.39 Å². The number of fused-ring (bicyclic) bond motifs is 1. The van der Waals surface area contributed by atoms with Crippen LogP contribution in [-0.4, -0.2) is 25.8 Å². The zero-order valence-electron chi connectivity index (χ0n) is 15.2. The Bertz CT molecular complexity index is 1250. The number of aromatic nitrogens is 3. The van der Waals surface area contributed by atoms with Gasteiger partial charge in [-0.15, -0.1) is 10.2 Å². The third-order valence-corrected chi connectivity index (χ3v) is 4.35. The standard InChI is InChI=1S/C20H14FN5O3/c1-12-10-13(2-9-19(12)26(28)29)20(27)22-15-5-8-17-18(11-15)24-25(23-17)16-6-3-14(21)4-7-16/h2-11H,1H3,(H,22,27). The summed E-state index contributed by atoms with van der Waals surface area (Å²) in [5.74, 6) is -0.745. The molecule has 8 nitrogen and oxygen atoms in total. The summed E-state index contributed by atoms with van der Waals surface area (Å²) in [6.07, 6.45) is 0.